The molecule has 0 radical (unpaired) electrons. The van der Waals surface area contributed by atoms with Gasteiger partial charge in [0.25, 0.3) is 5.91 Å². The van der Waals surface area contributed by atoms with Crippen molar-refractivity contribution < 1.29 is 18.0 Å². The van der Waals surface area contributed by atoms with Crippen LogP contribution in [0.15, 0.2) is 34.5 Å². The van der Waals surface area contributed by atoms with Crippen LogP contribution in [0.4, 0.5) is 5.13 Å². The van der Waals surface area contributed by atoms with E-state index >= 15 is 0 Å². The zero-order chi connectivity index (χ0) is 15.6. The number of ketones is 1. The third kappa shape index (κ3) is 3.73. The Labute approximate surface area is 125 Å². The highest BCUT2D eigenvalue weighted by molar-refractivity contribution is 7.90. The van der Waals surface area contributed by atoms with Gasteiger partial charge in [-0.3, -0.25) is 14.9 Å². The van der Waals surface area contributed by atoms with E-state index in [1.807, 2.05) is 0 Å². The molecule has 1 heterocycles. The summed E-state index contributed by atoms with van der Waals surface area (Å²) in [4.78, 5) is 27.2. The Morgan fingerprint density at radius 3 is 2.57 bits per heavy atom. The van der Waals surface area contributed by atoms with Crippen molar-refractivity contribution in [3.8, 4) is 0 Å². The van der Waals surface area contributed by atoms with E-state index in [9.17, 15) is 18.0 Å². The number of nitrogens with one attached hydrogen (secondary N) is 1. The van der Waals surface area contributed by atoms with Crippen LogP contribution in [-0.4, -0.2) is 31.3 Å². The Hall–Kier alpha value is -2.06. The molecule has 0 unspecified atom stereocenters. The van der Waals surface area contributed by atoms with Gasteiger partial charge in [-0.05, 0) is 18.2 Å². The molecule has 0 atom stereocenters. The number of amides is 1. The number of rotatable bonds is 4. The maximum Gasteiger partial charge on any atom is 0.257 e. The van der Waals surface area contributed by atoms with Gasteiger partial charge in [-0.2, -0.15) is 0 Å². The molecule has 21 heavy (non-hydrogen) atoms. The molecule has 1 N–H and O–H groups in total. The standard InChI is InChI=1S/C13H12N2O4S2/c1-8(16)11-7-20-13(14-11)15-12(17)9-4-3-5-10(6-9)21(2,18)19/h3-7H,1-2H3,(H,14,15,17). The van der Waals surface area contributed by atoms with Crippen LogP contribution in [0.2, 0.25) is 0 Å². The van der Waals surface area contributed by atoms with Crippen LogP contribution >= 0.6 is 11.3 Å². The molecule has 1 aromatic heterocycles. The van der Waals surface area contributed by atoms with Gasteiger partial charge in [0.15, 0.2) is 20.8 Å². The minimum absolute atomic E-state index is 0.0683. The first-order valence-corrected chi connectivity index (χ1v) is 8.62. The summed E-state index contributed by atoms with van der Waals surface area (Å²) in [5, 5.41) is 4.37. The van der Waals surface area contributed by atoms with Gasteiger partial charge in [0.05, 0.1) is 4.90 Å². The van der Waals surface area contributed by atoms with E-state index in [1.54, 1.807) is 5.38 Å². The van der Waals surface area contributed by atoms with E-state index < -0.39 is 15.7 Å². The number of hydrogen-bond acceptors (Lipinski definition) is 6. The lowest BCUT2D eigenvalue weighted by molar-refractivity contribution is 0.100. The van der Waals surface area contributed by atoms with Crippen LogP contribution in [0.25, 0.3) is 0 Å². The predicted octanol–water partition coefficient (Wildman–Crippen LogP) is 2.00. The molecule has 2 rings (SSSR count). The molecule has 0 spiro atoms. The number of sulfone groups is 1. The summed E-state index contributed by atoms with van der Waals surface area (Å²) in [7, 11) is -3.38. The van der Waals surface area contributed by atoms with Crippen molar-refractivity contribution in [2.75, 3.05) is 11.6 Å². The molecule has 0 bridgehead atoms. The SMILES string of the molecule is CC(=O)c1csc(NC(=O)c2cccc(S(C)(=O)=O)c2)n1. The molecular formula is C13H12N2O4S2. The minimum atomic E-state index is -3.38. The maximum atomic E-state index is 12.0. The highest BCUT2D eigenvalue weighted by Gasteiger charge is 2.13. The molecule has 1 amide bonds. The van der Waals surface area contributed by atoms with Crippen molar-refractivity contribution in [2.24, 2.45) is 0 Å². The Morgan fingerprint density at radius 1 is 1.29 bits per heavy atom. The quantitative estimate of drug-likeness (QED) is 0.868. The second-order valence-corrected chi connectivity index (χ2v) is 7.22. The summed E-state index contributed by atoms with van der Waals surface area (Å²) in [6.07, 6.45) is 1.07. The number of anilines is 1. The van der Waals surface area contributed by atoms with Crippen LogP contribution in [0.5, 0.6) is 0 Å². The Kier molecular flexibility index (Phi) is 4.19. The van der Waals surface area contributed by atoms with E-state index in [1.165, 1.54) is 31.2 Å². The maximum absolute atomic E-state index is 12.0. The number of hydrogen-bond donors (Lipinski definition) is 1. The van der Waals surface area contributed by atoms with Gasteiger partial charge in [0.1, 0.15) is 5.69 Å². The summed E-state index contributed by atoms with van der Waals surface area (Å²) >= 11 is 1.13. The topological polar surface area (TPSA) is 93.2 Å². The minimum Gasteiger partial charge on any atom is -0.298 e. The predicted molar refractivity (Wildman–Crippen MR) is 79.6 cm³/mol. The average Bonchev–Trinajstić information content (AvgIpc) is 2.86. The van der Waals surface area contributed by atoms with Gasteiger partial charge in [-0.25, -0.2) is 13.4 Å². The molecule has 0 saturated heterocycles. The molecule has 6 nitrogen and oxygen atoms in total. The first-order chi connectivity index (χ1) is 9.77. The molecule has 0 fully saturated rings. The van der Waals surface area contributed by atoms with E-state index in [0.29, 0.717) is 0 Å². The number of thiazole rings is 1. The van der Waals surface area contributed by atoms with E-state index in [2.05, 4.69) is 10.3 Å². The zero-order valence-corrected chi connectivity index (χ0v) is 12.9. The largest absolute Gasteiger partial charge is 0.298 e. The van der Waals surface area contributed by atoms with Crippen molar-refractivity contribution >= 4 is 38.0 Å². The fraction of sp³-hybridized carbons (Fsp3) is 0.154. The van der Waals surface area contributed by atoms with Gasteiger partial charge in [-0.15, -0.1) is 11.3 Å². The lowest BCUT2D eigenvalue weighted by atomic mass is 10.2. The van der Waals surface area contributed by atoms with Crippen molar-refractivity contribution in [1.82, 2.24) is 4.98 Å². The average molecular weight is 324 g/mol. The number of aromatic nitrogens is 1. The first-order valence-electron chi connectivity index (χ1n) is 5.85. The van der Waals surface area contributed by atoms with Gasteiger partial charge < -0.3 is 0 Å². The van der Waals surface area contributed by atoms with Crippen LogP contribution < -0.4 is 5.32 Å². The highest BCUT2D eigenvalue weighted by Crippen LogP contribution is 2.18. The van der Waals surface area contributed by atoms with Crippen LogP contribution in [0.1, 0.15) is 27.8 Å². The lowest BCUT2D eigenvalue weighted by Gasteiger charge is -2.03. The third-order valence-electron chi connectivity index (χ3n) is 2.61. The second-order valence-electron chi connectivity index (χ2n) is 4.35. The molecule has 0 saturated carbocycles. The molecule has 8 heteroatoms. The van der Waals surface area contributed by atoms with Gasteiger partial charge >= 0.3 is 0 Å². The van der Waals surface area contributed by atoms with Gasteiger partial charge in [-0.1, -0.05) is 6.07 Å². The Morgan fingerprint density at radius 2 is 2.00 bits per heavy atom. The van der Waals surface area contributed by atoms with Crippen molar-refractivity contribution in [2.45, 2.75) is 11.8 Å². The molecule has 0 aliphatic rings. The molecule has 0 aliphatic heterocycles. The summed E-state index contributed by atoms with van der Waals surface area (Å²) in [5.74, 6) is -0.671. The molecule has 2 aromatic rings. The Balaban J connectivity index is 2.22. The highest BCUT2D eigenvalue weighted by atomic mass is 32.2. The van der Waals surface area contributed by atoms with E-state index in [-0.39, 0.29) is 27.1 Å². The normalized spacial score (nSPS) is 11.1. The number of carbonyl (C=O) groups is 2. The molecule has 110 valence electrons. The monoisotopic (exact) mass is 324 g/mol. The first kappa shape index (κ1) is 15.3. The van der Waals surface area contributed by atoms with Crippen molar-refractivity contribution in [3.63, 3.8) is 0 Å². The smallest absolute Gasteiger partial charge is 0.257 e. The van der Waals surface area contributed by atoms with Crippen LogP contribution in [-0.2, 0) is 9.84 Å². The Bertz CT molecular complexity index is 809. The number of benzene rings is 1. The number of nitrogens with zero attached hydrogens (tertiary/aromatic N) is 1. The third-order valence-corrected chi connectivity index (χ3v) is 4.48. The summed E-state index contributed by atoms with van der Waals surface area (Å²) in [6, 6.07) is 5.71. The van der Waals surface area contributed by atoms with Gasteiger partial charge in [0.2, 0.25) is 0 Å². The molecule has 0 aliphatic carbocycles. The number of carbonyl (C=O) groups excluding carboxylic acids is 2. The van der Waals surface area contributed by atoms with Crippen molar-refractivity contribution in [1.29, 1.82) is 0 Å². The summed E-state index contributed by atoms with van der Waals surface area (Å²) in [5.41, 5.74) is 0.484. The van der Waals surface area contributed by atoms with Crippen LogP contribution in [0.3, 0.4) is 0 Å². The zero-order valence-electron chi connectivity index (χ0n) is 11.3. The fourth-order valence-electron chi connectivity index (χ4n) is 1.53. The van der Waals surface area contributed by atoms with E-state index in [0.717, 1.165) is 17.6 Å². The second kappa shape index (κ2) is 5.74. The van der Waals surface area contributed by atoms with Crippen LogP contribution in [0, 0.1) is 0 Å². The van der Waals surface area contributed by atoms with Gasteiger partial charge in [0, 0.05) is 24.1 Å². The molecule has 1 aromatic carbocycles. The summed E-state index contributed by atoms with van der Waals surface area (Å²) in [6.45, 7) is 1.39. The van der Waals surface area contributed by atoms with Crippen molar-refractivity contribution in [3.05, 3.63) is 40.9 Å². The summed E-state index contributed by atoms with van der Waals surface area (Å²) < 4.78 is 22.9. The number of Topliss-reactive ketones (excluding diaryl/α,β-unsaturated/α-hetero) is 1. The lowest BCUT2D eigenvalue weighted by Crippen LogP contribution is -2.12. The van der Waals surface area contributed by atoms with E-state index in [4.69, 9.17) is 0 Å². The fourth-order valence-corrected chi connectivity index (χ4v) is 2.94. The molecular weight excluding hydrogens is 312 g/mol.